The van der Waals surface area contributed by atoms with Gasteiger partial charge >= 0.3 is 5.97 Å². The van der Waals surface area contributed by atoms with Crippen molar-refractivity contribution < 1.29 is 18.3 Å². The Morgan fingerprint density at radius 1 is 1.69 bits per heavy atom. The molecule has 0 N–H and O–H groups in total. The molecule has 0 aliphatic heterocycles. The highest BCUT2D eigenvalue weighted by molar-refractivity contribution is 9.10. The number of alkyl halides is 2. The molecule has 1 rings (SSSR count). The first kappa shape index (κ1) is 13.3. The van der Waals surface area contributed by atoms with Crippen LogP contribution in [0, 0.1) is 0 Å². The van der Waals surface area contributed by atoms with E-state index in [1.807, 2.05) is 0 Å². The molecule has 7 heteroatoms. The summed E-state index contributed by atoms with van der Waals surface area (Å²) >= 11 is 8.64. The maximum Gasteiger partial charge on any atom is 0.341 e. The number of nitrogens with zero attached hydrogens (tertiary/aromatic N) is 1. The second-order valence-electron chi connectivity index (χ2n) is 2.70. The average Bonchev–Trinajstić information content (AvgIpc) is 2.21. The molecule has 16 heavy (non-hydrogen) atoms. The van der Waals surface area contributed by atoms with E-state index in [1.165, 1.54) is 0 Å². The summed E-state index contributed by atoms with van der Waals surface area (Å²) in [6.45, 7) is 1.66. The molecule has 1 heterocycles. The van der Waals surface area contributed by atoms with Gasteiger partial charge in [0.1, 0.15) is 11.3 Å². The molecule has 0 amide bonds. The third-order valence-corrected chi connectivity index (χ3v) is 3.03. The fourth-order valence-corrected chi connectivity index (χ4v) is 1.65. The highest BCUT2D eigenvalue weighted by atomic mass is 79.9. The van der Waals surface area contributed by atoms with Crippen LogP contribution in [0.2, 0.25) is 5.02 Å². The summed E-state index contributed by atoms with van der Waals surface area (Å²) in [5.41, 5.74) is -0.973. The maximum absolute atomic E-state index is 12.6. The molecule has 88 valence electrons. The van der Waals surface area contributed by atoms with Crippen molar-refractivity contribution in [1.82, 2.24) is 4.98 Å². The number of carbonyl (C=O) groups excluding carboxylic acids is 1. The van der Waals surface area contributed by atoms with Gasteiger partial charge in [-0.3, -0.25) is 4.98 Å². The quantitative estimate of drug-likeness (QED) is 0.800. The van der Waals surface area contributed by atoms with E-state index in [0.29, 0.717) is 0 Å². The van der Waals surface area contributed by atoms with E-state index >= 15 is 0 Å². The smallest absolute Gasteiger partial charge is 0.341 e. The van der Waals surface area contributed by atoms with E-state index in [1.54, 1.807) is 6.92 Å². The highest BCUT2D eigenvalue weighted by Crippen LogP contribution is 2.32. The lowest BCUT2D eigenvalue weighted by Gasteiger charge is -2.10. The highest BCUT2D eigenvalue weighted by Gasteiger charge is 2.25. The Hall–Kier alpha value is -0.750. The molecule has 3 nitrogen and oxygen atoms in total. The van der Waals surface area contributed by atoms with Gasteiger partial charge in [-0.2, -0.15) is 0 Å². The standard InChI is InChI=1S/C9H7BrClF2NO2/c1-2-16-9(15)5-6(10)4(11)3-14-7(5)8(12)13/h3,8H,2H2,1H3. The second kappa shape index (κ2) is 5.54. The fourth-order valence-electron chi connectivity index (χ4n) is 1.04. The van der Waals surface area contributed by atoms with Gasteiger partial charge in [0.15, 0.2) is 0 Å². The molecule has 1 aromatic heterocycles. The van der Waals surface area contributed by atoms with Crippen molar-refractivity contribution in [2.45, 2.75) is 13.3 Å². The first-order valence-corrected chi connectivity index (χ1v) is 5.45. The Labute approximate surface area is 104 Å². The minimum absolute atomic E-state index is 0.0675. The van der Waals surface area contributed by atoms with E-state index in [-0.39, 0.29) is 21.7 Å². The van der Waals surface area contributed by atoms with Gasteiger partial charge in [-0.25, -0.2) is 13.6 Å². The first-order valence-electron chi connectivity index (χ1n) is 4.28. The lowest BCUT2D eigenvalue weighted by Crippen LogP contribution is -2.11. The Morgan fingerprint density at radius 2 is 2.31 bits per heavy atom. The van der Waals surface area contributed by atoms with Crippen molar-refractivity contribution in [3.8, 4) is 0 Å². The number of pyridine rings is 1. The van der Waals surface area contributed by atoms with Gasteiger partial charge in [-0.05, 0) is 22.9 Å². The lowest BCUT2D eigenvalue weighted by atomic mass is 10.2. The zero-order valence-corrected chi connectivity index (χ0v) is 10.5. The summed E-state index contributed by atoms with van der Waals surface area (Å²) in [5.74, 6) is -0.875. The number of hydrogen-bond donors (Lipinski definition) is 0. The molecular weight excluding hydrogens is 307 g/mol. The van der Waals surface area contributed by atoms with Crippen LogP contribution in [0.4, 0.5) is 8.78 Å². The number of carbonyl (C=O) groups is 1. The molecule has 1 aromatic rings. The van der Waals surface area contributed by atoms with Gasteiger partial charge in [-0.15, -0.1) is 0 Å². The van der Waals surface area contributed by atoms with Crippen LogP contribution in [0.5, 0.6) is 0 Å². The number of halogens is 4. The second-order valence-corrected chi connectivity index (χ2v) is 3.90. The molecule has 0 saturated carbocycles. The molecular formula is C9H7BrClF2NO2. The van der Waals surface area contributed by atoms with Gasteiger partial charge < -0.3 is 4.74 Å². The minimum atomic E-state index is -2.87. The zero-order chi connectivity index (χ0) is 12.3. The predicted molar refractivity (Wildman–Crippen MR) is 57.9 cm³/mol. The fraction of sp³-hybridized carbons (Fsp3) is 0.333. The molecule has 0 fully saturated rings. The Bertz CT molecular complexity index is 415. The van der Waals surface area contributed by atoms with Gasteiger partial charge in [0.2, 0.25) is 0 Å². The number of ether oxygens (including phenoxy) is 1. The van der Waals surface area contributed by atoms with Gasteiger partial charge in [0, 0.05) is 6.20 Å². The van der Waals surface area contributed by atoms with Crippen LogP contribution in [-0.2, 0) is 4.74 Å². The molecule has 0 bridgehead atoms. The summed E-state index contributed by atoms with van der Waals surface area (Å²) in [6.07, 6.45) is -1.82. The number of rotatable bonds is 3. The van der Waals surface area contributed by atoms with Gasteiger partial charge in [0.05, 0.1) is 16.1 Å². The van der Waals surface area contributed by atoms with Crippen LogP contribution in [-0.4, -0.2) is 17.6 Å². The van der Waals surface area contributed by atoms with Crippen LogP contribution >= 0.6 is 27.5 Å². The Morgan fingerprint density at radius 3 is 2.81 bits per heavy atom. The van der Waals surface area contributed by atoms with Crippen molar-refractivity contribution >= 4 is 33.5 Å². The van der Waals surface area contributed by atoms with Crippen LogP contribution < -0.4 is 0 Å². The summed E-state index contributed by atoms with van der Waals surface area (Å²) in [4.78, 5) is 14.9. The third kappa shape index (κ3) is 2.68. The van der Waals surface area contributed by atoms with E-state index in [2.05, 4.69) is 25.7 Å². The van der Waals surface area contributed by atoms with E-state index in [4.69, 9.17) is 11.6 Å². The molecule has 0 atom stereocenters. The summed E-state index contributed by atoms with van der Waals surface area (Å²) in [7, 11) is 0. The number of hydrogen-bond acceptors (Lipinski definition) is 3. The summed E-state index contributed by atoms with van der Waals surface area (Å²) in [6, 6.07) is 0. The first-order chi connectivity index (χ1) is 7.49. The third-order valence-electron chi connectivity index (χ3n) is 1.69. The molecule has 0 saturated heterocycles. The SMILES string of the molecule is CCOC(=O)c1c(C(F)F)ncc(Cl)c1Br. The Kier molecular flexibility index (Phi) is 4.61. The zero-order valence-electron chi connectivity index (χ0n) is 8.14. The van der Waals surface area contributed by atoms with Crippen molar-refractivity contribution in [3.63, 3.8) is 0 Å². The van der Waals surface area contributed by atoms with Crippen molar-refractivity contribution in [2.75, 3.05) is 6.61 Å². The molecule has 0 spiro atoms. The number of esters is 1. The number of aromatic nitrogens is 1. The van der Waals surface area contributed by atoms with E-state index in [0.717, 1.165) is 6.20 Å². The predicted octanol–water partition coefficient (Wildman–Crippen LogP) is 3.61. The normalized spacial score (nSPS) is 10.6. The average molecular weight is 315 g/mol. The van der Waals surface area contributed by atoms with Crippen LogP contribution in [0.3, 0.4) is 0 Å². The lowest BCUT2D eigenvalue weighted by molar-refractivity contribution is 0.0512. The van der Waals surface area contributed by atoms with E-state index < -0.39 is 18.1 Å². The topological polar surface area (TPSA) is 39.2 Å². The van der Waals surface area contributed by atoms with Crippen LogP contribution in [0.25, 0.3) is 0 Å². The van der Waals surface area contributed by atoms with Crippen molar-refractivity contribution in [2.24, 2.45) is 0 Å². The summed E-state index contributed by atoms with van der Waals surface area (Å²) in [5, 5.41) is 0.0763. The molecule has 0 aliphatic rings. The Balaban J connectivity index is 3.31. The maximum atomic E-state index is 12.6. The van der Waals surface area contributed by atoms with Crippen LogP contribution in [0.1, 0.15) is 29.4 Å². The monoisotopic (exact) mass is 313 g/mol. The molecule has 0 aromatic carbocycles. The summed E-state index contributed by atoms with van der Waals surface area (Å²) < 4.78 is 29.9. The molecule has 0 radical (unpaired) electrons. The van der Waals surface area contributed by atoms with E-state index in [9.17, 15) is 13.6 Å². The minimum Gasteiger partial charge on any atom is -0.462 e. The molecule has 0 aliphatic carbocycles. The molecule has 0 unspecified atom stereocenters. The van der Waals surface area contributed by atoms with Crippen LogP contribution in [0.15, 0.2) is 10.7 Å². The van der Waals surface area contributed by atoms with Gasteiger partial charge in [0.25, 0.3) is 6.43 Å². The largest absolute Gasteiger partial charge is 0.462 e. The van der Waals surface area contributed by atoms with Gasteiger partial charge in [-0.1, -0.05) is 11.6 Å². The van der Waals surface area contributed by atoms with Crippen molar-refractivity contribution in [1.29, 1.82) is 0 Å². The van der Waals surface area contributed by atoms with Crippen molar-refractivity contribution in [3.05, 3.63) is 26.9 Å².